The van der Waals surface area contributed by atoms with Crippen LogP contribution >= 0.6 is 0 Å². The standard InChI is InChI=1S/C19H24FNO4/c1-2-24-19(23)18-17(20)16(13-21-18)14-7-9-15(10-8-14)25-12-6-4-3-5-11-22/h7-10,13,21-22H,2-6,11-12H2,1H3. The summed E-state index contributed by atoms with van der Waals surface area (Å²) in [4.78, 5) is 14.3. The number of unbranched alkanes of at least 4 members (excludes halogenated alkanes) is 3. The smallest absolute Gasteiger partial charge is 0.357 e. The number of benzene rings is 1. The van der Waals surface area contributed by atoms with Gasteiger partial charge in [0.05, 0.1) is 13.2 Å². The number of carbonyl (C=O) groups excluding carboxylic acids is 1. The predicted octanol–water partition coefficient (Wildman–Crippen LogP) is 3.93. The van der Waals surface area contributed by atoms with Crippen LogP contribution in [-0.2, 0) is 4.74 Å². The molecule has 0 saturated heterocycles. The van der Waals surface area contributed by atoms with Crippen molar-refractivity contribution in [2.45, 2.75) is 32.6 Å². The second-order valence-electron chi connectivity index (χ2n) is 5.62. The fourth-order valence-corrected chi connectivity index (χ4v) is 2.46. The normalized spacial score (nSPS) is 10.7. The van der Waals surface area contributed by atoms with Crippen LogP contribution in [0, 0.1) is 5.82 Å². The van der Waals surface area contributed by atoms with Crippen LogP contribution in [-0.4, -0.2) is 35.9 Å². The molecule has 1 aromatic heterocycles. The first-order chi connectivity index (χ1) is 12.2. The lowest BCUT2D eigenvalue weighted by Gasteiger charge is -2.07. The van der Waals surface area contributed by atoms with Gasteiger partial charge in [-0.25, -0.2) is 9.18 Å². The van der Waals surface area contributed by atoms with E-state index in [-0.39, 0.29) is 18.9 Å². The van der Waals surface area contributed by atoms with E-state index in [1.807, 2.05) is 0 Å². The van der Waals surface area contributed by atoms with Gasteiger partial charge >= 0.3 is 5.97 Å². The van der Waals surface area contributed by atoms with E-state index < -0.39 is 11.8 Å². The fourth-order valence-electron chi connectivity index (χ4n) is 2.46. The molecule has 1 aromatic carbocycles. The molecule has 2 aromatic rings. The zero-order valence-corrected chi connectivity index (χ0v) is 14.4. The SMILES string of the molecule is CCOC(=O)c1[nH]cc(-c2ccc(OCCCCCCO)cc2)c1F. The average molecular weight is 349 g/mol. The molecule has 0 aliphatic heterocycles. The lowest BCUT2D eigenvalue weighted by Crippen LogP contribution is -2.06. The van der Waals surface area contributed by atoms with Gasteiger partial charge < -0.3 is 19.6 Å². The van der Waals surface area contributed by atoms with Gasteiger partial charge in [-0.05, 0) is 43.9 Å². The van der Waals surface area contributed by atoms with E-state index >= 15 is 0 Å². The van der Waals surface area contributed by atoms with Crippen molar-refractivity contribution >= 4 is 5.97 Å². The molecule has 0 saturated carbocycles. The number of esters is 1. The van der Waals surface area contributed by atoms with E-state index in [9.17, 15) is 9.18 Å². The average Bonchev–Trinajstić information content (AvgIpc) is 3.00. The molecule has 1 heterocycles. The Morgan fingerprint density at radius 2 is 1.88 bits per heavy atom. The molecule has 0 aliphatic rings. The molecule has 136 valence electrons. The predicted molar refractivity (Wildman–Crippen MR) is 93.2 cm³/mol. The van der Waals surface area contributed by atoms with E-state index in [4.69, 9.17) is 14.6 Å². The lowest BCUT2D eigenvalue weighted by atomic mass is 10.1. The van der Waals surface area contributed by atoms with Gasteiger partial charge in [-0.2, -0.15) is 0 Å². The van der Waals surface area contributed by atoms with Crippen molar-refractivity contribution in [3.63, 3.8) is 0 Å². The largest absolute Gasteiger partial charge is 0.494 e. The molecular formula is C19H24FNO4. The molecule has 5 nitrogen and oxygen atoms in total. The van der Waals surface area contributed by atoms with Gasteiger partial charge in [0.25, 0.3) is 0 Å². The molecule has 2 rings (SSSR count). The number of nitrogens with one attached hydrogen (secondary N) is 1. The molecule has 2 N–H and O–H groups in total. The van der Waals surface area contributed by atoms with Gasteiger partial charge in [0, 0.05) is 18.4 Å². The second-order valence-corrected chi connectivity index (χ2v) is 5.62. The Labute approximate surface area is 146 Å². The highest BCUT2D eigenvalue weighted by Gasteiger charge is 2.19. The summed E-state index contributed by atoms with van der Waals surface area (Å²) in [5, 5.41) is 8.71. The van der Waals surface area contributed by atoms with Crippen molar-refractivity contribution in [3.05, 3.63) is 42.0 Å². The quantitative estimate of drug-likeness (QED) is 0.504. The summed E-state index contributed by atoms with van der Waals surface area (Å²) in [7, 11) is 0. The van der Waals surface area contributed by atoms with E-state index in [1.54, 1.807) is 31.2 Å². The number of aromatic amines is 1. The zero-order valence-electron chi connectivity index (χ0n) is 14.4. The summed E-state index contributed by atoms with van der Waals surface area (Å²) < 4.78 is 24.8. The van der Waals surface area contributed by atoms with Gasteiger partial charge in [-0.3, -0.25) is 0 Å². The topological polar surface area (TPSA) is 71.6 Å². The Bertz CT molecular complexity index is 667. The van der Waals surface area contributed by atoms with Crippen LogP contribution in [0.4, 0.5) is 4.39 Å². The molecule has 0 atom stereocenters. The van der Waals surface area contributed by atoms with E-state index in [0.29, 0.717) is 23.5 Å². The Kier molecular flexibility index (Phi) is 7.47. The maximum absolute atomic E-state index is 14.4. The van der Waals surface area contributed by atoms with Gasteiger partial charge in [0.2, 0.25) is 0 Å². The summed E-state index contributed by atoms with van der Waals surface area (Å²) in [5.41, 5.74) is 0.804. The zero-order chi connectivity index (χ0) is 18.1. The van der Waals surface area contributed by atoms with Crippen molar-refractivity contribution in [2.75, 3.05) is 19.8 Å². The number of aromatic nitrogens is 1. The minimum atomic E-state index is -0.701. The Morgan fingerprint density at radius 1 is 1.16 bits per heavy atom. The van der Waals surface area contributed by atoms with Crippen LogP contribution in [0.2, 0.25) is 0 Å². The van der Waals surface area contributed by atoms with Crippen molar-refractivity contribution in [1.82, 2.24) is 4.98 Å². The molecule has 25 heavy (non-hydrogen) atoms. The van der Waals surface area contributed by atoms with Crippen LogP contribution in [0.3, 0.4) is 0 Å². The first-order valence-electron chi connectivity index (χ1n) is 8.55. The number of aliphatic hydroxyl groups is 1. The number of rotatable bonds is 10. The second kappa shape index (κ2) is 9.84. The third kappa shape index (κ3) is 5.32. The van der Waals surface area contributed by atoms with Gasteiger partial charge in [-0.1, -0.05) is 18.6 Å². The lowest BCUT2D eigenvalue weighted by molar-refractivity contribution is 0.0515. The minimum absolute atomic E-state index is 0.167. The number of ether oxygens (including phenoxy) is 2. The molecule has 0 unspecified atom stereocenters. The molecule has 0 spiro atoms. The molecule has 6 heteroatoms. The molecule has 0 fully saturated rings. The van der Waals surface area contributed by atoms with Gasteiger partial charge in [0.1, 0.15) is 5.75 Å². The van der Waals surface area contributed by atoms with E-state index in [0.717, 1.165) is 25.7 Å². The fraction of sp³-hybridized carbons (Fsp3) is 0.421. The Balaban J connectivity index is 1.93. The van der Waals surface area contributed by atoms with Gasteiger partial charge in [-0.15, -0.1) is 0 Å². The highest BCUT2D eigenvalue weighted by molar-refractivity contribution is 5.90. The third-order valence-electron chi connectivity index (χ3n) is 3.78. The first kappa shape index (κ1) is 19.0. The molecule has 0 amide bonds. The van der Waals surface area contributed by atoms with Crippen LogP contribution in [0.5, 0.6) is 5.75 Å². The minimum Gasteiger partial charge on any atom is -0.494 e. The number of H-pyrrole nitrogens is 1. The van der Waals surface area contributed by atoms with Crippen molar-refractivity contribution in [1.29, 1.82) is 0 Å². The number of halogens is 1. The monoisotopic (exact) mass is 349 g/mol. The number of aliphatic hydroxyl groups excluding tert-OH is 1. The summed E-state index contributed by atoms with van der Waals surface area (Å²) in [5.74, 6) is -0.601. The molecule has 0 aliphatic carbocycles. The van der Waals surface area contributed by atoms with Crippen LogP contribution in [0.25, 0.3) is 11.1 Å². The molecule has 0 radical (unpaired) electrons. The highest BCUT2D eigenvalue weighted by atomic mass is 19.1. The van der Waals surface area contributed by atoms with Gasteiger partial charge in [0.15, 0.2) is 11.5 Å². The van der Waals surface area contributed by atoms with Crippen LogP contribution in [0.1, 0.15) is 43.1 Å². The third-order valence-corrected chi connectivity index (χ3v) is 3.78. The first-order valence-corrected chi connectivity index (χ1v) is 8.55. The number of carbonyl (C=O) groups is 1. The summed E-state index contributed by atoms with van der Waals surface area (Å²) in [6.07, 6.45) is 5.22. The Hall–Kier alpha value is -2.34. The van der Waals surface area contributed by atoms with Crippen molar-refractivity contribution in [3.8, 4) is 16.9 Å². The van der Waals surface area contributed by atoms with Crippen molar-refractivity contribution < 1.29 is 23.8 Å². The molecule has 0 bridgehead atoms. The summed E-state index contributed by atoms with van der Waals surface area (Å²) in [6.45, 7) is 2.70. The van der Waals surface area contributed by atoms with E-state index in [2.05, 4.69) is 4.98 Å². The van der Waals surface area contributed by atoms with Crippen molar-refractivity contribution in [2.24, 2.45) is 0 Å². The van der Waals surface area contributed by atoms with E-state index in [1.165, 1.54) is 6.20 Å². The highest BCUT2D eigenvalue weighted by Crippen LogP contribution is 2.27. The van der Waals surface area contributed by atoms with Crippen LogP contribution in [0.15, 0.2) is 30.5 Å². The number of hydrogen-bond acceptors (Lipinski definition) is 4. The maximum Gasteiger partial charge on any atom is 0.357 e. The van der Waals surface area contributed by atoms with Crippen LogP contribution < -0.4 is 4.74 Å². The summed E-state index contributed by atoms with van der Waals surface area (Å²) in [6, 6.07) is 7.06. The summed E-state index contributed by atoms with van der Waals surface area (Å²) >= 11 is 0. The maximum atomic E-state index is 14.4. The molecular weight excluding hydrogens is 325 g/mol. The Morgan fingerprint density at radius 3 is 2.56 bits per heavy atom. The number of hydrogen-bond donors (Lipinski definition) is 2.